The summed E-state index contributed by atoms with van der Waals surface area (Å²) >= 11 is 0. The van der Waals surface area contributed by atoms with Crippen LogP contribution in [0.5, 0.6) is 5.75 Å². The molecule has 0 amide bonds. The van der Waals surface area contributed by atoms with Gasteiger partial charge in [-0.3, -0.25) is 4.90 Å². The Morgan fingerprint density at radius 1 is 1.21 bits per heavy atom. The number of aliphatic hydroxyl groups excluding tert-OH is 2. The normalized spacial score (nSPS) is 40.0. The zero-order chi connectivity index (χ0) is 16.6. The van der Waals surface area contributed by atoms with Crippen LogP contribution in [0.15, 0.2) is 18.2 Å². The average Bonchev–Trinajstić information content (AvgIpc) is 2.93. The van der Waals surface area contributed by atoms with E-state index in [4.69, 9.17) is 0 Å². The number of phenols is 1. The highest BCUT2D eigenvalue weighted by molar-refractivity contribution is 5.86. The highest BCUT2D eigenvalue weighted by Gasteiger charge is 2.57. The van der Waals surface area contributed by atoms with E-state index >= 15 is 0 Å². The minimum atomic E-state index is 0.185. The van der Waals surface area contributed by atoms with Crippen LogP contribution in [0.1, 0.15) is 30.6 Å². The molecule has 4 aliphatic heterocycles. The highest BCUT2D eigenvalue weighted by atomic mass is 16.3. The predicted octanol–water partition coefficient (Wildman–Crippen LogP) is 1.78. The fraction of sp³-hybridized carbons (Fsp3) is 0.579. The largest absolute Gasteiger partial charge is 0.508 e. The molecule has 128 valence electrons. The third-order valence-electron chi connectivity index (χ3n) is 7.01. The number of nitrogens with one attached hydrogen (secondary N) is 1. The standard InChI is InChI=1S/C19H24N2O3/c1-9-14(7-22)11-5-18-19-13(6-17(21(9)18)15(11)8-23)12-4-10(24)2-3-16(12)20-19/h2-4,9,11,14-15,17-18,20,22-24H,5-8H2,1H3/t9-,11+,14-,15-,17-,18-/m0/s1. The molecule has 1 aromatic heterocycles. The predicted molar refractivity (Wildman–Crippen MR) is 90.8 cm³/mol. The summed E-state index contributed by atoms with van der Waals surface area (Å²) in [7, 11) is 0. The number of nitrogens with zero attached hydrogens (tertiary/aromatic N) is 1. The summed E-state index contributed by atoms with van der Waals surface area (Å²) in [5.41, 5.74) is 3.66. The van der Waals surface area contributed by atoms with E-state index in [0.717, 1.165) is 23.7 Å². The summed E-state index contributed by atoms with van der Waals surface area (Å²) in [6.07, 6.45) is 1.89. The average molecular weight is 328 g/mol. The minimum Gasteiger partial charge on any atom is -0.508 e. The lowest BCUT2D eigenvalue weighted by Crippen LogP contribution is -2.67. The lowest BCUT2D eigenvalue weighted by atomic mass is 9.60. The van der Waals surface area contributed by atoms with Gasteiger partial charge in [-0.25, -0.2) is 0 Å². The molecule has 0 saturated carbocycles. The Hall–Kier alpha value is -1.56. The summed E-state index contributed by atoms with van der Waals surface area (Å²) < 4.78 is 0. The first-order valence-corrected chi connectivity index (χ1v) is 8.96. The lowest BCUT2D eigenvalue weighted by Gasteiger charge is -2.63. The van der Waals surface area contributed by atoms with Crippen molar-refractivity contribution in [3.63, 3.8) is 0 Å². The number of benzene rings is 1. The fourth-order valence-electron chi connectivity index (χ4n) is 5.99. The Kier molecular flexibility index (Phi) is 3.06. The number of fused-ring (bicyclic) bond motifs is 4. The summed E-state index contributed by atoms with van der Waals surface area (Å²) in [6.45, 7) is 2.61. The number of hydrogen-bond donors (Lipinski definition) is 4. The van der Waals surface area contributed by atoms with Gasteiger partial charge in [-0.05, 0) is 49.4 Å². The lowest BCUT2D eigenvalue weighted by molar-refractivity contribution is -0.154. The van der Waals surface area contributed by atoms with Gasteiger partial charge in [0.2, 0.25) is 0 Å². The molecule has 5 heteroatoms. The van der Waals surface area contributed by atoms with Crippen LogP contribution in [0.25, 0.3) is 10.9 Å². The van der Waals surface area contributed by atoms with Gasteiger partial charge in [-0.15, -0.1) is 0 Å². The van der Waals surface area contributed by atoms with Crippen LogP contribution in [0.4, 0.5) is 0 Å². The molecule has 7 atom stereocenters. The Morgan fingerprint density at radius 3 is 2.75 bits per heavy atom. The Labute approximate surface area is 140 Å². The van der Waals surface area contributed by atoms with Crippen LogP contribution < -0.4 is 0 Å². The van der Waals surface area contributed by atoms with Crippen molar-refractivity contribution < 1.29 is 15.3 Å². The third-order valence-corrected chi connectivity index (χ3v) is 7.01. The van der Waals surface area contributed by atoms with Crippen molar-refractivity contribution in [3.8, 4) is 5.75 Å². The zero-order valence-corrected chi connectivity index (χ0v) is 13.8. The van der Waals surface area contributed by atoms with Crippen LogP contribution in [0.2, 0.25) is 0 Å². The van der Waals surface area contributed by atoms with Crippen molar-refractivity contribution in [3.05, 3.63) is 29.5 Å². The van der Waals surface area contributed by atoms with Crippen LogP contribution in [0.3, 0.4) is 0 Å². The maximum atomic E-state index is 10.0. The number of aliphatic hydroxyl groups is 2. The number of piperidine rings is 3. The Bertz CT molecular complexity index is 801. The second-order valence-corrected chi connectivity index (χ2v) is 7.81. The van der Waals surface area contributed by atoms with Gasteiger partial charge in [0.25, 0.3) is 0 Å². The maximum Gasteiger partial charge on any atom is 0.116 e. The molecule has 6 rings (SSSR count). The first kappa shape index (κ1) is 14.8. The molecule has 3 saturated heterocycles. The molecule has 4 N–H and O–H groups in total. The van der Waals surface area contributed by atoms with Gasteiger partial charge in [-0.2, -0.15) is 0 Å². The van der Waals surface area contributed by atoms with Crippen molar-refractivity contribution in [2.24, 2.45) is 17.8 Å². The molecule has 4 bridgehead atoms. The van der Waals surface area contributed by atoms with Crippen LogP contribution in [0, 0.1) is 17.8 Å². The molecular formula is C19H24N2O3. The molecular weight excluding hydrogens is 304 g/mol. The van der Waals surface area contributed by atoms with Gasteiger partial charge in [0.1, 0.15) is 5.75 Å². The van der Waals surface area contributed by atoms with E-state index in [1.54, 1.807) is 6.07 Å². The van der Waals surface area contributed by atoms with Crippen LogP contribution >= 0.6 is 0 Å². The van der Waals surface area contributed by atoms with E-state index in [0.29, 0.717) is 29.8 Å². The molecule has 4 aliphatic rings. The van der Waals surface area contributed by atoms with E-state index < -0.39 is 0 Å². The van der Waals surface area contributed by atoms with Crippen molar-refractivity contribution in [2.45, 2.75) is 37.9 Å². The molecule has 3 fully saturated rings. The minimum absolute atomic E-state index is 0.185. The van der Waals surface area contributed by atoms with E-state index in [2.05, 4.69) is 16.8 Å². The van der Waals surface area contributed by atoms with E-state index in [1.165, 1.54) is 11.3 Å². The first-order valence-electron chi connectivity index (χ1n) is 8.96. The van der Waals surface area contributed by atoms with Crippen molar-refractivity contribution in [2.75, 3.05) is 13.2 Å². The number of aromatic hydroxyl groups is 1. The van der Waals surface area contributed by atoms with Gasteiger partial charge < -0.3 is 20.3 Å². The maximum absolute atomic E-state index is 10.0. The molecule has 0 spiro atoms. The monoisotopic (exact) mass is 328 g/mol. The number of rotatable bonds is 2. The topological polar surface area (TPSA) is 79.7 Å². The second kappa shape index (κ2) is 4.97. The highest BCUT2D eigenvalue weighted by Crippen LogP contribution is 2.56. The van der Waals surface area contributed by atoms with Gasteiger partial charge >= 0.3 is 0 Å². The third kappa shape index (κ3) is 1.70. The molecule has 5 heterocycles. The van der Waals surface area contributed by atoms with Crippen LogP contribution in [-0.2, 0) is 6.42 Å². The summed E-state index contributed by atoms with van der Waals surface area (Å²) in [6, 6.07) is 6.52. The number of phenolic OH excluding ortho intramolecular Hbond substituents is 1. The number of hydrogen-bond acceptors (Lipinski definition) is 4. The number of aromatic amines is 1. The summed E-state index contributed by atoms with van der Waals surface area (Å²) in [4.78, 5) is 6.13. The summed E-state index contributed by atoms with van der Waals surface area (Å²) in [5.74, 6) is 1.16. The quantitative estimate of drug-likeness (QED) is 0.677. The summed E-state index contributed by atoms with van der Waals surface area (Å²) in [5, 5.41) is 30.9. The Balaban J connectivity index is 1.68. The SMILES string of the molecule is C[C@H]1[C@H](CO)[C@H]2C[C@H]3c4[nH]c5ccc(O)cc5c4C[C@@H]([C@H]2CO)N31. The fourth-order valence-corrected chi connectivity index (χ4v) is 5.99. The zero-order valence-electron chi connectivity index (χ0n) is 13.8. The molecule has 0 aliphatic carbocycles. The molecule has 1 unspecified atom stereocenters. The molecule has 1 aromatic carbocycles. The number of H-pyrrole nitrogens is 1. The smallest absolute Gasteiger partial charge is 0.116 e. The Morgan fingerprint density at radius 2 is 2.00 bits per heavy atom. The van der Waals surface area contributed by atoms with Crippen molar-refractivity contribution in [1.82, 2.24) is 9.88 Å². The van der Waals surface area contributed by atoms with Gasteiger partial charge in [0.05, 0.1) is 6.04 Å². The van der Waals surface area contributed by atoms with E-state index in [1.807, 2.05) is 12.1 Å². The second-order valence-electron chi connectivity index (χ2n) is 7.81. The van der Waals surface area contributed by atoms with Gasteiger partial charge in [0, 0.05) is 53.7 Å². The number of aromatic nitrogens is 1. The van der Waals surface area contributed by atoms with E-state index in [-0.39, 0.29) is 25.0 Å². The van der Waals surface area contributed by atoms with E-state index in [9.17, 15) is 15.3 Å². The van der Waals surface area contributed by atoms with Gasteiger partial charge in [-0.1, -0.05) is 0 Å². The molecule has 0 radical (unpaired) electrons. The van der Waals surface area contributed by atoms with Crippen molar-refractivity contribution >= 4 is 10.9 Å². The van der Waals surface area contributed by atoms with Crippen molar-refractivity contribution in [1.29, 1.82) is 0 Å². The first-order chi connectivity index (χ1) is 11.6. The van der Waals surface area contributed by atoms with Crippen LogP contribution in [-0.4, -0.2) is 50.5 Å². The molecule has 2 aromatic rings. The molecule has 5 nitrogen and oxygen atoms in total. The molecule has 24 heavy (non-hydrogen) atoms. The van der Waals surface area contributed by atoms with Gasteiger partial charge in [0.15, 0.2) is 0 Å².